The second-order valence-corrected chi connectivity index (χ2v) is 5.21. The Bertz CT molecular complexity index is 625. The fraction of sp³-hybridized carbons (Fsp3) is 0.333. The van der Waals surface area contributed by atoms with Gasteiger partial charge in [-0.05, 0) is 31.5 Å². The number of nitrogens with one attached hydrogen (secondary N) is 2. The maximum Gasteiger partial charge on any atom is 0.319 e. The molecule has 1 unspecified atom stereocenters. The molecule has 0 bridgehead atoms. The van der Waals surface area contributed by atoms with Gasteiger partial charge in [0, 0.05) is 18.8 Å². The highest BCUT2D eigenvalue weighted by Gasteiger charge is 2.10. The lowest BCUT2D eigenvalue weighted by Gasteiger charge is -2.12. The highest BCUT2D eigenvalue weighted by molar-refractivity contribution is 5.88. The number of carbonyl (C=O) groups is 1. The van der Waals surface area contributed by atoms with Crippen LogP contribution in [0.3, 0.4) is 0 Å². The quantitative estimate of drug-likeness (QED) is 0.794. The number of halogens is 1. The molecular weight excluding hydrogens is 287 g/mol. The Hall–Kier alpha value is -2.41. The minimum absolute atomic E-state index is 0.0236. The Kier molecular flexibility index (Phi) is 5.11. The zero-order chi connectivity index (χ0) is 16.1. The van der Waals surface area contributed by atoms with Crippen molar-refractivity contribution < 1.29 is 14.3 Å². The van der Waals surface area contributed by atoms with Gasteiger partial charge in [-0.25, -0.2) is 9.18 Å². The van der Waals surface area contributed by atoms with Crippen LogP contribution in [0, 0.1) is 5.82 Å². The van der Waals surface area contributed by atoms with Crippen molar-refractivity contribution in [1.82, 2.24) is 15.1 Å². The van der Waals surface area contributed by atoms with Crippen LogP contribution in [0.15, 0.2) is 36.7 Å². The van der Waals surface area contributed by atoms with Crippen molar-refractivity contribution >= 4 is 11.7 Å². The predicted octanol–water partition coefficient (Wildman–Crippen LogP) is 2.46. The maximum atomic E-state index is 12.8. The van der Waals surface area contributed by atoms with Crippen molar-refractivity contribution in [2.75, 3.05) is 11.9 Å². The number of anilines is 1. The number of hydrogen-bond acceptors (Lipinski definition) is 3. The van der Waals surface area contributed by atoms with Gasteiger partial charge in [0.1, 0.15) is 5.82 Å². The number of rotatable bonds is 5. The van der Waals surface area contributed by atoms with E-state index in [-0.39, 0.29) is 18.4 Å². The summed E-state index contributed by atoms with van der Waals surface area (Å²) in [6, 6.07) is 5.25. The van der Waals surface area contributed by atoms with E-state index >= 15 is 0 Å². The zero-order valence-electron chi connectivity index (χ0n) is 12.5. The zero-order valence-corrected chi connectivity index (χ0v) is 12.5. The third-order valence-corrected chi connectivity index (χ3v) is 3.10. The lowest BCUT2D eigenvalue weighted by molar-refractivity contribution is 0.175. The van der Waals surface area contributed by atoms with E-state index in [1.807, 2.05) is 13.8 Å². The summed E-state index contributed by atoms with van der Waals surface area (Å²) in [4.78, 5) is 11.8. The molecule has 1 heterocycles. The van der Waals surface area contributed by atoms with E-state index in [2.05, 4.69) is 15.7 Å². The van der Waals surface area contributed by atoms with E-state index in [4.69, 9.17) is 0 Å². The Morgan fingerprint density at radius 1 is 1.36 bits per heavy atom. The Labute approximate surface area is 128 Å². The molecule has 7 heteroatoms. The fourth-order valence-electron chi connectivity index (χ4n) is 1.85. The molecule has 0 fully saturated rings. The highest BCUT2D eigenvalue weighted by atomic mass is 19.1. The smallest absolute Gasteiger partial charge is 0.319 e. The number of aliphatic hydroxyl groups is 1. The molecule has 2 aromatic rings. The first-order valence-electron chi connectivity index (χ1n) is 6.98. The predicted molar refractivity (Wildman–Crippen MR) is 81.0 cm³/mol. The van der Waals surface area contributed by atoms with Crippen LogP contribution in [0.2, 0.25) is 0 Å². The summed E-state index contributed by atoms with van der Waals surface area (Å²) in [5.41, 5.74) is 1.11. The number of aromatic nitrogens is 2. The molecular formula is C15H19FN4O2. The monoisotopic (exact) mass is 306 g/mol. The average molecular weight is 306 g/mol. The van der Waals surface area contributed by atoms with Gasteiger partial charge in [0.25, 0.3) is 0 Å². The summed E-state index contributed by atoms with van der Waals surface area (Å²) >= 11 is 0. The Morgan fingerprint density at radius 2 is 2.05 bits per heavy atom. The molecule has 0 saturated carbocycles. The molecule has 2 rings (SSSR count). The van der Waals surface area contributed by atoms with Crippen LogP contribution < -0.4 is 10.6 Å². The Morgan fingerprint density at radius 3 is 2.64 bits per heavy atom. The third-order valence-electron chi connectivity index (χ3n) is 3.10. The number of benzene rings is 1. The van der Waals surface area contributed by atoms with Crippen LogP contribution in [0.4, 0.5) is 14.9 Å². The normalized spacial score (nSPS) is 12.2. The number of carbonyl (C=O) groups excluding carboxylic acids is 1. The van der Waals surface area contributed by atoms with Crippen LogP contribution in [0.5, 0.6) is 0 Å². The lowest BCUT2D eigenvalue weighted by atomic mass is 10.1. The van der Waals surface area contributed by atoms with Gasteiger partial charge < -0.3 is 15.7 Å². The number of urea groups is 1. The summed E-state index contributed by atoms with van der Waals surface area (Å²) in [6.07, 6.45) is 2.38. The number of nitrogens with zero attached hydrogens (tertiary/aromatic N) is 2. The van der Waals surface area contributed by atoms with Crippen molar-refractivity contribution in [1.29, 1.82) is 0 Å². The first-order chi connectivity index (χ1) is 10.5. The van der Waals surface area contributed by atoms with Crippen LogP contribution in [-0.4, -0.2) is 27.5 Å². The molecule has 22 heavy (non-hydrogen) atoms. The van der Waals surface area contributed by atoms with E-state index in [1.54, 1.807) is 17.1 Å². The van der Waals surface area contributed by atoms with Gasteiger partial charge in [0.15, 0.2) is 0 Å². The maximum absolute atomic E-state index is 12.8. The van der Waals surface area contributed by atoms with Crippen LogP contribution in [0.1, 0.15) is 31.6 Å². The first kappa shape index (κ1) is 16.0. The van der Waals surface area contributed by atoms with Crippen LogP contribution >= 0.6 is 0 Å². The highest BCUT2D eigenvalue weighted by Crippen LogP contribution is 2.13. The number of amides is 2. The molecule has 0 aliphatic rings. The molecule has 1 aromatic carbocycles. The second kappa shape index (κ2) is 7.04. The molecule has 3 N–H and O–H groups in total. The van der Waals surface area contributed by atoms with Gasteiger partial charge in [-0.2, -0.15) is 5.10 Å². The van der Waals surface area contributed by atoms with Gasteiger partial charge >= 0.3 is 6.03 Å². The summed E-state index contributed by atoms with van der Waals surface area (Å²) in [6.45, 7) is 3.99. The topological polar surface area (TPSA) is 79.2 Å². The van der Waals surface area contributed by atoms with Crippen molar-refractivity contribution in [2.45, 2.75) is 26.0 Å². The summed E-state index contributed by atoms with van der Waals surface area (Å²) in [5.74, 6) is -0.371. The van der Waals surface area contributed by atoms with E-state index in [9.17, 15) is 14.3 Å². The van der Waals surface area contributed by atoms with E-state index in [1.165, 1.54) is 24.3 Å². The van der Waals surface area contributed by atoms with Crippen LogP contribution in [0.25, 0.3) is 0 Å². The van der Waals surface area contributed by atoms with E-state index < -0.39 is 12.1 Å². The molecule has 0 aliphatic heterocycles. The summed E-state index contributed by atoms with van der Waals surface area (Å²) in [7, 11) is 0. The van der Waals surface area contributed by atoms with Crippen molar-refractivity contribution in [2.24, 2.45) is 0 Å². The number of aliphatic hydroxyl groups excluding tert-OH is 1. The van der Waals surface area contributed by atoms with E-state index in [0.717, 1.165) is 0 Å². The molecule has 6 nitrogen and oxygen atoms in total. The largest absolute Gasteiger partial charge is 0.387 e. The average Bonchev–Trinajstić information content (AvgIpc) is 2.94. The molecule has 0 spiro atoms. The van der Waals surface area contributed by atoms with Gasteiger partial charge in [-0.3, -0.25) is 4.68 Å². The summed E-state index contributed by atoms with van der Waals surface area (Å²) < 4.78 is 14.5. The molecule has 2 amide bonds. The van der Waals surface area contributed by atoms with Crippen molar-refractivity contribution in [3.8, 4) is 0 Å². The van der Waals surface area contributed by atoms with Crippen molar-refractivity contribution in [3.05, 3.63) is 48.0 Å². The standard InChI is InChI=1S/C15H19FN4O2/c1-10(2)20-9-13(7-18-20)19-15(22)17-8-14(21)11-3-5-12(16)6-4-11/h3-7,9-10,14,21H,8H2,1-2H3,(H2,17,19,22). The van der Waals surface area contributed by atoms with Crippen molar-refractivity contribution in [3.63, 3.8) is 0 Å². The summed E-state index contributed by atoms with van der Waals surface area (Å²) in [5, 5.41) is 19.2. The SMILES string of the molecule is CC(C)n1cc(NC(=O)NCC(O)c2ccc(F)cc2)cn1. The Balaban J connectivity index is 1.83. The van der Waals surface area contributed by atoms with Gasteiger partial charge in [0.05, 0.1) is 18.0 Å². The van der Waals surface area contributed by atoms with Gasteiger partial charge in [0.2, 0.25) is 0 Å². The minimum atomic E-state index is -0.898. The molecule has 0 saturated heterocycles. The molecule has 0 aliphatic carbocycles. The van der Waals surface area contributed by atoms with Gasteiger partial charge in [-0.1, -0.05) is 12.1 Å². The number of hydrogen-bond donors (Lipinski definition) is 3. The second-order valence-electron chi connectivity index (χ2n) is 5.21. The molecule has 118 valence electrons. The fourth-order valence-corrected chi connectivity index (χ4v) is 1.85. The molecule has 1 atom stereocenters. The van der Waals surface area contributed by atoms with E-state index in [0.29, 0.717) is 11.3 Å². The minimum Gasteiger partial charge on any atom is -0.387 e. The van der Waals surface area contributed by atoms with Gasteiger partial charge in [-0.15, -0.1) is 0 Å². The first-order valence-corrected chi connectivity index (χ1v) is 6.98. The molecule has 0 radical (unpaired) electrons. The van der Waals surface area contributed by atoms with Crippen LogP contribution in [-0.2, 0) is 0 Å². The lowest BCUT2D eigenvalue weighted by Crippen LogP contribution is -2.32. The molecule has 1 aromatic heterocycles. The third kappa shape index (κ3) is 4.29.